The zero-order valence-corrected chi connectivity index (χ0v) is 10.7. The maximum Gasteiger partial charge on any atom is 0.139 e. The van der Waals surface area contributed by atoms with Crippen LogP contribution >= 0.6 is 11.6 Å². The molecule has 2 rings (SSSR count). The topological polar surface area (TPSA) is 29.0 Å². The van der Waals surface area contributed by atoms with Crippen molar-refractivity contribution in [3.63, 3.8) is 0 Å². The lowest BCUT2D eigenvalue weighted by molar-refractivity contribution is 0.784. The molecular weight excluding hydrogens is 234 g/mol. The van der Waals surface area contributed by atoms with Gasteiger partial charge < -0.3 is 4.90 Å². The minimum Gasteiger partial charge on any atom is -0.356 e. The van der Waals surface area contributed by atoms with Crippen LogP contribution in [0.1, 0.15) is 13.3 Å². The largest absolute Gasteiger partial charge is 0.356 e. The first-order chi connectivity index (χ1) is 8.36. The van der Waals surface area contributed by atoms with Crippen molar-refractivity contribution in [2.45, 2.75) is 13.3 Å². The molecule has 0 atom stereocenters. The molecule has 2 aromatic rings. The molecule has 0 radical (unpaired) electrons. The summed E-state index contributed by atoms with van der Waals surface area (Å²) in [5, 5.41) is 1.10. The Kier molecular flexibility index (Phi) is 4.15. The van der Waals surface area contributed by atoms with Gasteiger partial charge in [0.05, 0.1) is 5.52 Å². The van der Waals surface area contributed by atoms with Gasteiger partial charge in [0.15, 0.2) is 0 Å². The highest BCUT2D eigenvalue weighted by molar-refractivity contribution is 6.17. The van der Waals surface area contributed by atoms with Crippen molar-refractivity contribution >= 4 is 28.3 Å². The second-order valence-electron chi connectivity index (χ2n) is 3.84. The summed E-state index contributed by atoms with van der Waals surface area (Å²) in [5.41, 5.74) is 0.988. The molecule has 90 valence electrons. The second kappa shape index (κ2) is 5.82. The highest BCUT2D eigenvalue weighted by atomic mass is 35.5. The van der Waals surface area contributed by atoms with Crippen LogP contribution in [0.25, 0.3) is 10.9 Å². The molecule has 0 fully saturated rings. The molecule has 0 unspecified atom stereocenters. The van der Waals surface area contributed by atoms with Crippen molar-refractivity contribution in [2.75, 3.05) is 23.9 Å². The molecule has 1 aromatic heterocycles. The van der Waals surface area contributed by atoms with Crippen LogP contribution in [0.15, 0.2) is 30.6 Å². The smallest absolute Gasteiger partial charge is 0.139 e. The fraction of sp³-hybridized carbons (Fsp3) is 0.385. The average Bonchev–Trinajstić information content (AvgIpc) is 2.40. The van der Waals surface area contributed by atoms with Crippen molar-refractivity contribution < 1.29 is 0 Å². The number of alkyl halides is 1. The zero-order valence-electron chi connectivity index (χ0n) is 9.93. The summed E-state index contributed by atoms with van der Waals surface area (Å²) in [6, 6.07) is 8.09. The Labute approximate surface area is 106 Å². The second-order valence-corrected chi connectivity index (χ2v) is 4.21. The van der Waals surface area contributed by atoms with E-state index in [1.807, 2.05) is 18.2 Å². The third-order valence-electron chi connectivity index (χ3n) is 2.76. The molecule has 0 amide bonds. The van der Waals surface area contributed by atoms with Crippen LogP contribution in [-0.2, 0) is 0 Å². The van der Waals surface area contributed by atoms with Crippen LogP contribution in [0, 0.1) is 0 Å². The van der Waals surface area contributed by atoms with Crippen LogP contribution in [0.4, 0.5) is 5.82 Å². The summed E-state index contributed by atoms with van der Waals surface area (Å²) in [6.07, 6.45) is 2.59. The minimum absolute atomic E-state index is 0.680. The molecule has 0 bridgehead atoms. The van der Waals surface area contributed by atoms with Gasteiger partial charge in [0.25, 0.3) is 0 Å². The van der Waals surface area contributed by atoms with Crippen molar-refractivity contribution in [3.8, 4) is 0 Å². The molecule has 0 aliphatic rings. The van der Waals surface area contributed by atoms with Crippen LogP contribution in [-0.4, -0.2) is 28.9 Å². The summed E-state index contributed by atoms with van der Waals surface area (Å²) in [6.45, 7) is 3.99. The van der Waals surface area contributed by atoms with Crippen LogP contribution in [0.5, 0.6) is 0 Å². The molecule has 17 heavy (non-hydrogen) atoms. The first-order valence-corrected chi connectivity index (χ1v) is 6.41. The molecule has 0 aliphatic heterocycles. The minimum atomic E-state index is 0.680. The maximum absolute atomic E-state index is 5.75. The molecule has 4 heteroatoms. The van der Waals surface area contributed by atoms with E-state index in [0.717, 1.165) is 36.2 Å². The highest BCUT2D eigenvalue weighted by Gasteiger charge is 2.09. The van der Waals surface area contributed by atoms with E-state index in [1.165, 1.54) is 0 Å². The Balaban J connectivity index is 2.38. The van der Waals surface area contributed by atoms with Gasteiger partial charge in [0.2, 0.25) is 0 Å². The number of halogens is 1. The number of hydrogen-bond donors (Lipinski definition) is 0. The van der Waals surface area contributed by atoms with Crippen molar-refractivity contribution in [1.82, 2.24) is 9.97 Å². The standard InChI is InChI=1S/C13H16ClN3/c1-2-17(9-5-8-14)13-11-6-3-4-7-12(11)15-10-16-13/h3-4,6-7,10H,2,5,8-9H2,1H3. The number of fused-ring (bicyclic) bond motifs is 1. The summed E-state index contributed by atoms with van der Waals surface area (Å²) >= 11 is 5.75. The molecule has 0 N–H and O–H groups in total. The molecule has 0 aliphatic carbocycles. The van der Waals surface area contributed by atoms with Crippen LogP contribution in [0.3, 0.4) is 0 Å². The fourth-order valence-corrected chi connectivity index (χ4v) is 2.03. The Morgan fingerprint density at radius 1 is 1.24 bits per heavy atom. The Morgan fingerprint density at radius 2 is 2.06 bits per heavy atom. The summed E-state index contributed by atoms with van der Waals surface area (Å²) < 4.78 is 0. The molecular formula is C13H16ClN3. The van der Waals surface area contributed by atoms with E-state index in [4.69, 9.17) is 11.6 Å². The molecule has 0 saturated carbocycles. The lowest BCUT2D eigenvalue weighted by Gasteiger charge is -2.22. The predicted molar refractivity (Wildman–Crippen MR) is 72.8 cm³/mol. The number of para-hydroxylation sites is 1. The number of anilines is 1. The van der Waals surface area contributed by atoms with Gasteiger partial charge in [-0.25, -0.2) is 9.97 Å². The number of benzene rings is 1. The van der Waals surface area contributed by atoms with Gasteiger partial charge in [0, 0.05) is 24.4 Å². The lowest BCUT2D eigenvalue weighted by Crippen LogP contribution is -2.25. The third-order valence-corrected chi connectivity index (χ3v) is 3.03. The van der Waals surface area contributed by atoms with E-state index in [0.29, 0.717) is 5.88 Å². The zero-order chi connectivity index (χ0) is 12.1. The van der Waals surface area contributed by atoms with E-state index in [1.54, 1.807) is 6.33 Å². The molecule has 3 nitrogen and oxygen atoms in total. The molecule has 1 heterocycles. The summed E-state index contributed by atoms with van der Waals surface area (Å²) in [7, 11) is 0. The van der Waals surface area contributed by atoms with E-state index >= 15 is 0 Å². The quantitative estimate of drug-likeness (QED) is 0.763. The van der Waals surface area contributed by atoms with Crippen molar-refractivity contribution in [2.24, 2.45) is 0 Å². The number of hydrogen-bond acceptors (Lipinski definition) is 3. The Hall–Kier alpha value is -1.35. The molecule has 1 aromatic carbocycles. The molecule has 0 saturated heterocycles. The van der Waals surface area contributed by atoms with Gasteiger partial charge in [-0.3, -0.25) is 0 Å². The van der Waals surface area contributed by atoms with Gasteiger partial charge in [-0.1, -0.05) is 12.1 Å². The predicted octanol–water partition coefficient (Wildman–Crippen LogP) is 3.09. The SMILES string of the molecule is CCN(CCCCl)c1ncnc2ccccc12. The normalized spacial score (nSPS) is 10.7. The fourth-order valence-electron chi connectivity index (χ4n) is 1.91. The Bertz CT molecular complexity index is 482. The monoisotopic (exact) mass is 249 g/mol. The maximum atomic E-state index is 5.75. The summed E-state index contributed by atoms with van der Waals surface area (Å²) in [4.78, 5) is 10.9. The number of rotatable bonds is 5. The van der Waals surface area contributed by atoms with Gasteiger partial charge in [-0.2, -0.15) is 0 Å². The van der Waals surface area contributed by atoms with Crippen LogP contribution in [0.2, 0.25) is 0 Å². The highest BCUT2D eigenvalue weighted by Crippen LogP contribution is 2.22. The summed E-state index contributed by atoms with van der Waals surface area (Å²) in [5.74, 6) is 1.68. The van der Waals surface area contributed by atoms with E-state index in [-0.39, 0.29) is 0 Å². The van der Waals surface area contributed by atoms with E-state index in [2.05, 4.69) is 27.9 Å². The van der Waals surface area contributed by atoms with Gasteiger partial charge in [-0.05, 0) is 25.5 Å². The first-order valence-electron chi connectivity index (χ1n) is 5.87. The average molecular weight is 250 g/mol. The Morgan fingerprint density at radius 3 is 2.82 bits per heavy atom. The van der Waals surface area contributed by atoms with Gasteiger partial charge in [-0.15, -0.1) is 11.6 Å². The number of nitrogens with zero attached hydrogens (tertiary/aromatic N) is 3. The van der Waals surface area contributed by atoms with Gasteiger partial charge in [0.1, 0.15) is 12.1 Å². The molecule has 0 spiro atoms. The first kappa shape index (κ1) is 12.1. The van der Waals surface area contributed by atoms with Crippen molar-refractivity contribution in [1.29, 1.82) is 0 Å². The third kappa shape index (κ3) is 2.67. The van der Waals surface area contributed by atoms with Crippen LogP contribution < -0.4 is 4.90 Å². The number of aromatic nitrogens is 2. The van der Waals surface area contributed by atoms with Gasteiger partial charge >= 0.3 is 0 Å². The van der Waals surface area contributed by atoms with Crippen molar-refractivity contribution in [3.05, 3.63) is 30.6 Å². The van der Waals surface area contributed by atoms with E-state index in [9.17, 15) is 0 Å². The van der Waals surface area contributed by atoms with E-state index < -0.39 is 0 Å². The lowest BCUT2D eigenvalue weighted by atomic mass is 10.2.